The van der Waals surface area contributed by atoms with Crippen LogP contribution < -0.4 is 10.6 Å². The van der Waals surface area contributed by atoms with Crippen LogP contribution in [0.3, 0.4) is 0 Å². The zero-order valence-corrected chi connectivity index (χ0v) is 13.4. The van der Waals surface area contributed by atoms with Gasteiger partial charge < -0.3 is 5.32 Å². The van der Waals surface area contributed by atoms with Crippen LogP contribution in [-0.2, 0) is 4.79 Å². The van der Waals surface area contributed by atoms with Crippen molar-refractivity contribution in [3.8, 4) is 0 Å². The Morgan fingerprint density at radius 3 is 2.30 bits per heavy atom. The summed E-state index contributed by atoms with van der Waals surface area (Å²) < 4.78 is 0. The van der Waals surface area contributed by atoms with Crippen molar-refractivity contribution in [3.63, 3.8) is 0 Å². The van der Waals surface area contributed by atoms with Crippen LogP contribution in [0.25, 0.3) is 0 Å². The first-order chi connectivity index (χ1) is 9.43. The van der Waals surface area contributed by atoms with Gasteiger partial charge in [0.1, 0.15) is 0 Å². The van der Waals surface area contributed by atoms with Gasteiger partial charge in [-0.05, 0) is 39.7 Å². The molecule has 0 aromatic heterocycles. The van der Waals surface area contributed by atoms with Crippen molar-refractivity contribution in [2.24, 2.45) is 0 Å². The molecule has 3 atom stereocenters. The molecule has 0 saturated carbocycles. The lowest BCUT2D eigenvalue weighted by molar-refractivity contribution is -0.123. The number of nitrogens with one attached hydrogen (secondary N) is 2. The smallest absolute Gasteiger partial charge is 0.237 e. The van der Waals surface area contributed by atoms with E-state index in [9.17, 15) is 4.79 Å². The quantitative estimate of drug-likeness (QED) is 0.802. The molecule has 112 valence electrons. The second-order valence-electron chi connectivity index (χ2n) is 5.72. The summed E-state index contributed by atoms with van der Waals surface area (Å²) in [5.41, 5.74) is 2.46. The van der Waals surface area contributed by atoms with Gasteiger partial charge in [0.2, 0.25) is 5.91 Å². The molecule has 0 aliphatic rings. The fourth-order valence-corrected chi connectivity index (χ4v) is 2.28. The maximum absolute atomic E-state index is 12.1. The molecule has 0 aliphatic carbocycles. The van der Waals surface area contributed by atoms with Gasteiger partial charge in [-0.1, -0.05) is 43.2 Å². The summed E-state index contributed by atoms with van der Waals surface area (Å²) in [6, 6.07) is 8.63. The van der Waals surface area contributed by atoms with E-state index < -0.39 is 0 Å². The topological polar surface area (TPSA) is 41.1 Å². The van der Waals surface area contributed by atoms with Gasteiger partial charge >= 0.3 is 0 Å². The molecule has 0 saturated heterocycles. The van der Waals surface area contributed by atoms with Crippen LogP contribution in [0.2, 0.25) is 0 Å². The molecule has 1 amide bonds. The normalized spacial score (nSPS) is 15.4. The van der Waals surface area contributed by atoms with Crippen molar-refractivity contribution in [1.82, 2.24) is 10.6 Å². The Bertz CT molecular complexity index is 414. The minimum Gasteiger partial charge on any atom is -0.352 e. The van der Waals surface area contributed by atoms with E-state index in [1.807, 2.05) is 6.92 Å². The highest BCUT2D eigenvalue weighted by Crippen LogP contribution is 2.13. The average molecular weight is 276 g/mol. The molecular weight excluding hydrogens is 248 g/mol. The van der Waals surface area contributed by atoms with Gasteiger partial charge in [-0.2, -0.15) is 0 Å². The Balaban J connectivity index is 2.50. The monoisotopic (exact) mass is 276 g/mol. The molecule has 0 fully saturated rings. The standard InChI is InChI=1S/C17H28N2O/c1-6-7-13(3)18-17(20)15(5)19-14(4)16-10-8-12(2)9-11-16/h8-11,13-15,19H,6-7H2,1-5H3,(H,18,20). The lowest BCUT2D eigenvalue weighted by Gasteiger charge is -2.22. The highest BCUT2D eigenvalue weighted by atomic mass is 16.2. The lowest BCUT2D eigenvalue weighted by Crippen LogP contribution is -2.46. The second kappa shape index (κ2) is 8.05. The SMILES string of the molecule is CCCC(C)NC(=O)C(C)NC(C)c1ccc(C)cc1. The molecule has 1 aromatic rings. The molecule has 1 aromatic carbocycles. The summed E-state index contributed by atoms with van der Waals surface area (Å²) >= 11 is 0. The first-order valence-corrected chi connectivity index (χ1v) is 7.57. The third kappa shape index (κ3) is 5.33. The molecule has 0 aliphatic heterocycles. The van der Waals surface area contributed by atoms with Gasteiger partial charge in [0.05, 0.1) is 6.04 Å². The van der Waals surface area contributed by atoms with Crippen LogP contribution in [0.4, 0.5) is 0 Å². The number of benzene rings is 1. The van der Waals surface area contributed by atoms with Crippen molar-refractivity contribution in [2.45, 2.75) is 65.6 Å². The van der Waals surface area contributed by atoms with Crippen molar-refractivity contribution in [3.05, 3.63) is 35.4 Å². The van der Waals surface area contributed by atoms with E-state index in [0.29, 0.717) is 0 Å². The lowest BCUT2D eigenvalue weighted by atomic mass is 10.1. The van der Waals surface area contributed by atoms with E-state index in [2.05, 4.69) is 62.6 Å². The second-order valence-corrected chi connectivity index (χ2v) is 5.72. The van der Waals surface area contributed by atoms with E-state index in [4.69, 9.17) is 0 Å². The van der Waals surface area contributed by atoms with Crippen LogP contribution in [-0.4, -0.2) is 18.0 Å². The van der Waals surface area contributed by atoms with Crippen molar-refractivity contribution in [2.75, 3.05) is 0 Å². The molecule has 3 heteroatoms. The van der Waals surface area contributed by atoms with Crippen molar-refractivity contribution in [1.29, 1.82) is 0 Å². The highest BCUT2D eigenvalue weighted by Gasteiger charge is 2.17. The fraction of sp³-hybridized carbons (Fsp3) is 0.588. The summed E-state index contributed by atoms with van der Waals surface area (Å²) in [7, 11) is 0. The number of carbonyl (C=O) groups excluding carboxylic acids is 1. The molecule has 20 heavy (non-hydrogen) atoms. The van der Waals surface area contributed by atoms with Gasteiger partial charge in [0.15, 0.2) is 0 Å². The highest BCUT2D eigenvalue weighted by molar-refractivity contribution is 5.81. The predicted octanol–water partition coefficient (Wildman–Crippen LogP) is 3.34. The Morgan fingerprint density at radius 2 is 1.75 bits per heavy atom. The van der Waals surface area contributed by atoms with E-state index in [-0.39, 0.29) is 24.0 Å². The molecule has 0 radical (unpaired) electrons. The maximum atomic E-state index is 12.1. The number of aryl methyl sites for hydroxylation is 1. The van der Waals surface area contributed by atoms with Gasteiger partial charge in [0, 0.05) is 12.1 Å². The maximum Gasteiger partial charge on any atom is 0.237 e. The summed E-state index contributed by atoms with van der Waals surface area (Å²) in [6.07, 6.45) is 2.11. The Labute approximate surface area is 123 Å². The third-order valence-corrected chi connectivity index (χ3v) is 3.58. The van der Waals surface area contributed by atoms with Gasteiger partial charge in [-0.25, -0.2) is 0 Å². The first kappa shape index (κ1) is 16.7. The first-order valence-electron chi connectivity index (χ1n) is 7.57. The number of amides is 1. The molecule has 0 heterocycles. The molecular formula is C17H28N2O. The van der Waals surface area contributed by atoms with Gasteiger partial charge in [-0.15, -0.1) is 0 Å². The molecule has 1 rings (SSSR count). The number of rotatable bonds is 7. The van der Waals surface area contributed by atoms with E-state index >= 15 is 0 Å². The summed E-state index contributed by atoms with van der Waals surface area (Å²) in [6.45, 7) is 10.3. The summed E-state index contributed by atoms with van der Waals surface area (Å²) in [5.74, 6) is 0.0740. The molecule has 2 N–H and O–H groups in total. The minimum absolute atomic E-state index is 0.0740. The fourth-order valence-electron chi connectivity index (χ4n) is 2.28. The van der Waals surface area contributed by atoms with Crippen LogP contribution in [0, 0.1) is 6.92 Å². The summed E-state index contributed by atoms with van der Waals surface area (Å²) in [5, 5.41) is 6.40. The van der Waals surface area contributed by atoms with E-state index in [0.717, 1.165) is 12.8 Å². The van der Waals surface area contributed by atoms with Crippen LogP contribution in [0.1, 0.15) is 57.7 Å². The number of hydrogen-bond acceptors (Lipinski definition) is 2. The van der Waals surface area contributed by atoms with Crippen LogP contribution >= 0.6 is 0 Å². The number of carbonyl (C=O) groups is 1. The Morgan fingerprint density at radius 1 is 1.15 bits per heavy atom. The Hall–Kier alpha value is -1.35. The van der Waals surface area contributed by atoms with Crippen molar-refractivity contribution < 1.29 is 4.79 Å². The average Bonchev–Trinajstić information content (AvgIpc) is 2.39. The Kier molecular flexibility index (Phi) is 6.73. The minimum atomic E-state index is -0.189. The van der Waals surface area contributed by atoms with E-state index in [1.54, 1.807) is 0 Å². The predicted molar refractivity (Wildman–Crippen MR) is 84.7 cm³/mol. The molecule has 3 unspecified atom stereocenters. The zero-order valence-electron chi connectivity index (χ0n) is 13.4. The molecule has 0 bridgehead atoms. The van der Waals surface area contributed by atoms with E-state index in [1.165, 1.54) is 11.1 Å². The van der Waals surface area contributed by atoms with Crippen LogP contribution in [0.15, 0.2) is 24.3 Å². The number of hydrogen-bond donors (Lipinski definition) is 2. The van der Waals surface area contributed by atoms with Gasteiger partial charge in [-0.3, -0.25) is 10.1 Å². The largest absolute Gasteiger partial charge is 0.352 e. The van der Waals surface area contributed by atoms with Gasteiger partial charge in [0.25, 0.3) is 0 Å². The van der Waals surface area contributed by atoms with Crippen LogP contribution in [0.5, 0.6) is 0 Å². The summed E-state index contributed by atoms with van der Waals surface area (Å²) in [4.78, 5) is 12.1. The van der Waals surface area contributed by atoms with Crippen molar-refractivity contribution >= 4 is 5.91 Å². The molecule has 3 nitrogen and oxygen atoms in total. The zero-order chi connectivity index (χ0) is 15.1. The third-order valence-electron chi connectivity index (χ3n) is 3.58. The molecule has 0 spiro atoms.